The molecule has 1 saturated heterocycles. The van der Waals surface area contributed by atoms with Gasteiger partial charge in [0.2, 0.25) is 0 Å². The molecule has 3 aromatic carbocycles. The number of methoxy groups -OCH3 is 2. The summed E-state index contributed by atoms with van der Waals surface area (Å²) in [5.41, 5.74) is 3.27. The van der Waals surface area contributed by atoms with Crippen molar-refractivity contribution in [3.05, 3.63) is 88.5 Å². The summed E-state index contributed by atoms with van der Waals surface area (Å²) in [4.78, 5) is 28.3. The highest BCUT2D eigenvalue weighted by Crippen LogP contribution is 2.45. The molecule has 1 aliphatic rings. The minimum atomic E-state index is -0.901. The molecule has 7 heteroatoms. The van der Waals surface area contributed by atoms with E-state index in [0.717, 1.165) is 11.1 Å². The number of anilines is 1. The Bertz CT molecular complexity index is 1360. The quantitative estimate of drug-likeness (QED) is 0.275. The number of ether oxygens (including phenoxy) is 3. The minimum Gasteiger partial charge on any atom is -0.507 e. The van der Waals surface area contributed by atoms with E-state index in [4.69, 9.17) is 14.2 Å². The summed E-state index contributed by atoms with van der Waals surface area (Å²) < 4.78 is 16.5. The van der Waals surface area contributed by atoms with Gasteiger partial charge in [-0.25, -0.2) is 0 Å². The molecule has 1 atom stereocenters. The molecule has 1 N–H and O–H groups in total. The Morgan fingerprint density at radius 1 is 0.944 bits per heavy atom. The summed E-state index contributed by atoms with van der Waals surface area (Å²) in [7, 11) is 3.07. The number of rotatable bonds is 7. The van der Waals surface area contributed by atoms with Crippen LogP contribution in [0.5, 0.6) is 17.2 Å². The number of aliphatic hydroxyl groups excluding tert-OH is 1. The molecule has 36 heavy (non-hydrogen) atoms. The second-order valence-electron chi connectivity index (χ2n) is 8.53. The number of carbonyl (C=O) groups is 2. The predicted octanol–water partition coefficient (Wildman–Crippen LogP) is 5.35. The van der Waals surface area contributed by atoms with Crippen LogP contribution in [0.4, 0.5) is 5.69 Å². The van der Waals surface area contributed by atoms with Gasteiger partial charge in [0.05, 0.1) is 32.4 Å². The molecule has 4 rings (SSSR count). The first-order chi connectivity index (χ1) is 17.3. The van der Waals surface area contributed by atoms with Crippen LogP contribution in [-0.2, 0) is 9.59 Å². The van der Waals surface area contributed by atoms with Crippen LogP contribution < -0.4 is 19.1 Å². The van der Waals surface area contributed by atoms with Gasteiger partial charge < -0.3 is 19.3 Å². The maximum atomic E-state index is 13.5. The number of ketones is 1. The minimum absolute atomic E-state index is 0.00383. The zero-order valence-electron chi connectivity index (χ0n) is 21.0. The number of amides is 1. The SMILES string of the molecule is CCOc1cc(C2/C(=C(\O)c3cc(C)ccc3C)C(=O)C(=O)N2c2cccc(OC)c2)ccc1OC. The van der Waals surface area contributed by atoms with Gasteiger partial charge in [0.1, 0.15) is 11.5 Å². The lowest BCUT2D eigenvalue weighted by molar-refractivity contribution is -0.132. The van der Waals surface area contributed by atoms with Crippen molar-refractivity contribution in [2.75, 3.05) is 25.7 Å². The smallest absolute Gasteiger partial charge is 0.300 e. The summed E-state index contributed by atoms with van der Waals surface area (Å²) in [6.07, 6.45) is 0. The fraction of sp³-hybridized carbons (Fsp3) is 0.241. The lowest BCUT2D eigenvalue weighted by atomic mass is 9.93. The van der Waals surface area contributed by atoms with Crippen molar-refractivity contribution in [1.82, 2.24) is 0 Å². The Balaban J connectivity index is 2.00. The Kier molecular flexibility index (Phi) is 7.01. The average molecular weight is 488 g/mol. The second-order valence-corrected chi connectivity index (χ2v) is 8.53. The molecule has 0 aromatic heterocycles. The molecular formula is C29H29NO6. The number of aliphatic hydroxyl groups is 1. The molecule has 1 fully saturated rings. The largest absolute Gasteiger partial charge is 0.507 e. The van der Waals surface area contributed by atoms with Crippen molar-refractivity contribution in [3.8, 4) is 17.2 Å². The topological polar surface area (TPSA) is 85.3 Å². The van der Waals surface area contributed by atoms with Crippen molar-refractivity contribution in [2.24, 2.45) is 0 Å². The maximum Gasteiger partial charge on any atom is 0.300 e. The van der Waals surface area contributed by atoms with Crippen molar-refractivity contribution < 1.29 is 28.9 Å². The zero-order valence-corrected chi connectivity index (χ0v) is 21.0. The van der Waals surface area contributed by atoms with E-state index in [9.17, 15) is 14.7 Å². The van der Waals surface area contributed by atoms with Crippen LogP contribution in [0.15, 0.2) is 66.2 Å². The van der Waals surface area contributed by atoms with Gasteiger partial charge in [0, 0.05) is 17.3 Å². The van der Waals surface area contributed by atoms with Crippen LogP contribution in [0.3, 0.4) is 0 Å². The summed E-state index contributed by atoms with van der Waals surface area (Å²) >= 11 is 0. The van der Waals surface area contributed by atoms with Crippen molar-refractivity contribution in [1.29, 1.82) is 0 Å². The normalized spacial score (nSPS) is 16.8. The number of hydrogen-bond acceptors (Lipinski definition) is 6. The third kappa shape index (κ3) is 4.40. The van der Waals surface area contributed by atoms with Gasteiger partial charge in [0.15, 0.2) is 11.5 Å². The van der Waals surface area contributed by atoms with Crippen LogP contribution in [0.1, 0.15) is 35.2 Å². The van der Waals surface area contributed by atoms with Gasteiger partial charge in [-0.2, -0.15) is 0 Å². The van der Waals surface area contributed by atoms with E-state index in [2.05, 4.69) is 0 Å². The molecule has 0 spiro atoms. The fourth-order valence-corrected chi connectivity index (χ4v) is 4.44. The molecule has 1 unspecified atom stereocenters. The molecule has 0 saturated carbocycles. The Labute approximate surface area is 210 Å². The van der Waals surface area contributed by atoms with E-state index < -0.39 is 17.7 Å². The van der Waals surface area contributed by atoms with E-state index >= 15 is 0 Å². The van der Waals surface area contributed by atoms with Crippen LogP contribution in [0.2, 0.25) is 0 Å². The summed E-state index contributed by atoms with van der Waals surface area (Å²) in [6.45, 7) is 6.01. The Hall–Kier alpha value is -4.26. The molecule has 3 aromatic rings. The maximum absolute atomic E-state index is 13.5. The standard InChI is InChI=1S/C29H29NO6/c1-6-36-24-15-19(12-13-23(24)35-5)26-25(27(31)22-14-17(2)10-11-18(22)3)28(32)29(33)30(26)20-8-7-9-21(16-20)34-4/h7-16,26,31H,6H2,1-5H3/b27-25+. The Morgan fingerprint density at radius 3 is 2.42 bits per heavy atom. The van der Waals surface area contributed by atoms with E-state index in [1.54, 1.807) is 55.6 Å². The first kappa shape index (κ1) is 24.9. The van der Waals surface area contributed by atoms with Crippen LogP contribution in [0, 0.1) is 13.8 Å². The summed E-state index contributed by atoms with van der Waals surface area (Å²) in [6, 6.07) is 16.8. The zero-order chi connectivity index (χ0) is 26.0. The van der Waals surface area contributed by atoms with Gasteiger partial charge >= 0.3 is 0 Å². The lowest BCUT2D eigenvalue weighted by Gasteiger charge is -2.26. The predicted molar refractivity (Wildman–Crippen MR) is 138 cm³/mol. The van der Waals surface area contributed by atoms with Crippen LogP contribution in [-0.4, -0.2) is 37.6 Å². The number of hydrogen-bond donors (Lipinski definition) is 1. The molecule has 1 aliphatic heterocycles. The highest BCUT2D eigenvalue weighted by Gasteiger charge is 2.47. The van der Waals surface area contributed by atoms with E-state index in [-0.39, 0.29) is 11.3 Å². The van der Waals surface area contributed by atoms with Crippen molar-refractivity contribution >= 4 is 23.1 Å². The Morgan fingerprint density at radius 2 is 1.72 bits per heavy atom. The molecule has 186 valence electrons. The number of aryl methyl sites for hydroxylation is 2. The third-order valence-corrected chi connectivity index (χ3v) is 6.23. The van der Waals surface area contributed by atoms with E-state index in [1.165, 1.54) is 12.0 Å². The lowest BCUT2D eigenvalue weighted by Crippen LogP contribution is -2.29. The van der Waals surface area contributed by atoms with Crippen LogP contribution >= 0.6 is 0 Å². The molecule has 0 bridgehead atoms. The first-order valence-corrected chi connectivity index (χ1v) is 11.6. The number of Topliss-reactive ketones (excluding diaryl/α,β-unsaturated/α-hetero) is 1. The highest BCUT2D eigenvalue weighted by atomic mass is 16.5. The molecule has 1 amide bonds. The third-order valence-electron chi connectivity index (χ3n) is 6.23. The van der Waals surface area contributed by atoms with Gasteiger partial charge in [-0.15, -0.1) is 0 Å². The van der Waals surface area contributed by atoms with E-state index in [0.29, 0.717) is 40.7 Å². The number of carbonyl (C=O) groups excluding carboxylic acids is 2. The van der Waals surface area contributed by atoms with Gasteiger partial charge in [-0.05, 0) is 62.2 Å². The molecule has 0 aliphatic carbocycles. The molecule has 7 nitrogen and oxygen atoms in total. The monoisotopic (exact) mass is 487 g/mol. The summed E-state index contributed by atoms with van der Waals surface area (Å²) in [5, 5.41) is 11.5. The average Bonchev–Trinajstić information content (AvgIpc) is 3.15. The van der Waals surface area contributed by atoms with Gasteiger partial charge in [-0.1, -0.05) is 29.8 Å². The summed E-state index contributed by atoms with van der Waals surface area (Å²) in [5.74, 6) is -0.205. The number of benzene rings is 3. The number of nitrogens with zero attached hydrogens (tertiary/aromatic N) is 1. The van der Waals surface area contributed by atoms with Crippen molar-refractivity contribution in [2.45, 2.75) is 26.8 Å². The molecule has 1 heterocycles. The fourth-order valence-electron chi connectivity index (χ4n) is 4.44. The first-order valence-electron chi connectivity index (χ1n) is 11.6. The van der Waals surface area contributed by atoms with Crippen LogP contribution in [0.25, 0.3) is 5.76 Å². The molecule has 0 radical (unpaired) electrons. The van der Waals surface area contributed by atoms with Gasteiger partial charge in [-0.3, -0.25) is 14.5 Å². The van der Waals surface area contributed by atoms with Crippen molar-refractivity contribution in [3.63, 3.8) is 0 Å². The van der Waals surface area contributed by atoms with E-state index in [1.807, 2.05) is 32.9 Å². The van der Waals surface area contributed by atoms with Gasteiger partial charge in [0.25, 0.3) is 11.7 Å². The molecular weight excluding hydrogens is 458 g/mol. The highest BCUT2D eigenvalue weighted by molar-refractivity contribution is 6.51. The second kappa shape index (κ2) is 10.2.